The number of carbonyl (C=O) groups is 1. The average Bonchev–Trinajstić information content (AvgIpc) is 3.83. The summed E-state index contributed by atoms with van der Waals surface area (Å²) < 4.78 is 39.6. The highest BCUT2D eigenvalue weighted by atomic mass is 19.3. The van der Waals surface area contributed by atoms with E-state index in [0.29, 0.717) is 38.0 Å². The lowest BCUT2D eigenvalue weighted by Crippen LogP contribution is -2.36. The monoisotopic (exact) mass is 554 g/mol. The first-order chi connectivity index (χ1) is 19.2. The Labute approximate surface area is 235 Å². The first-order valence-corrected chi connectivity index (χ1v) is 14.7. The number of hydrogen-bond donors (Lipinski definition) is 1. The van der Waals surface area contributed by atoms with Crippen LogP contribution in [0.25, 0.3) is 0 Å². The Hall–Kier alpha value is -2.87. The third kappa shape index (κ3) is 5.78. The highest BCUT2D eigenvalue weighted by Crippen LogP contribution is 2.65. The van der Waals surface area contributed by atoms with Crippen LogP contribution in [0.4, 0.5) is 14.5 Å². The summed E-state index contributed by atoms with van der Waals surface area (Å²) in [5, 5.41) is 9.36. The van der Waals surface area contributed by atoms with E-state index >= 15 is 0 Å². The number of rotatable bonds is 11. The molecule has 0 radical (unpaired) electrons. The number of halogens is 2. The summed E-state index contributed by atoms with van der Waals surface area (Å²) in [4.78, 5) is 16.0. The second-order valence-corrected chi connectivity index (χ2v) is 12.5. The molecule has 2 saturated carbocycles. The molecule has 1 spiro atoms. The molecule has 0 aromatic heterocycles. The highest BCUT2D eigenvalue weighted by Gasteiger charge is 2.72. The maximum absolute atomic E-state index is 13.9. The fourth-order valence-electron chi connectivity index (χ4n) is 6.89. The summed E-state index contributed by atoms with van der Waals surface area (Å²) in [6, 6.07) is 14.1. The number of piperidine rings is 1. The quantitative estimate of drug-likeness (QED) is 0.358. The SMILES string of the molecule is COc1ccc(CN2CCC3(C2)CC3(F)F)c(N2CCC(COc3cccc([C@@H](CC(=O)O)C4CC4)c3)CC2)c1. The van der Waals surface area contributed by atoms with Crippen LogP contribution in [0.2, 0.25) is 0 Å². The minimum Gasteiger partial charge on any atom is -0.497 e. The second kappa shape index (κ2) is 10.8. The van der Waals surface area contributed by atoms with Crippen molar-refractivity contribution in [3.63, 3.8) is 0 Å². The van der Waals surface area contributed by atoms with Crippen LogP contribution >= 0.6 is 0 Å². The standard InChI is InChI=1S/C32H40F2N2O4/c1-39-26-8-7-25(18-35-14-11-31(21-35)20-32(31,33)34)29(16-26)36-12-9-22(10-13-36)19-40-27-4-2-3-24(15-27)28(17-30(37)38)23-5-6-23/h2-4,7-8,15-16,22-23,28H,5-6,9-14,17-21H2,1H3,(H,37,38)/t28-,31?/m0/s1. The van der Waals surface area contributed by atoms with E-state index < -0.39 is 17.3 Å². The summed E-state index contributed by atoms with van der Waals surface area (Å²) in [6.45, 7) is 4.32. The van der Waals surface area contributed by atoms with Gasteiger partial charge in [0.1, 0.15) is 11.5 Å². The Kier molecular flexibility index (Phi) is 7.40. The molecule has 0 amide bonds. The van der Waals surface area contributed by atoms with E-state index in [2.05, 4.69) is 21.9 Å². The Balaban J connectivity index is 1.05. The zero-order chi connectivity index (χ0) is 27.9. The van der Waals surface area contributed by atoms with Crippen molar-refractivity contribution < 1.29 is 28.2 Å². The number of hydrogen-bond acceptors (Lipinski definition) is 5. The molecule has 4 aliphatic rings. The van der Waals surface area contributed by atoms with Gasteiger partial charge in [0.25, 0.3) is 5.92 Å². The second-order valence-electron chi connectivity index (χ2n) is 12.5. The summed E-state index contributed by atoms with van der Waals surface area (Å²) in [6.07, 6.45) is 4.99. The molecule has 2 aromatic carbocycles. The summed E-state index contributed by atoms with van der Waals surface area (Å²) >= 11 is 0. The van der Waals surface area contributed by atoms with Crippen molar-refractivity contribution in [3.8, 4) is 11.5 Å². The molecule has 8 heteroatoms. The maximum Gasteiger partial charge on any atom is 0.303 e. The lowest BCUT2D eigenvalue weighted by Gasteiger charge is -2.35. The minimum absolute atomic E-state index is 0.0370. The maximum atomic E-state index is 13.9. The van der Waals surface area contributed by atoms with Gasteiger partial charge in [0.15, 0.2) is 0 Å². The van der Waals surface area contributed by atoms with Crippen LogP contribution in [-0.4, -0.2) is 61.8 Å². The van der Waals surface area contributed by atoms with E-state index in [1.807, 2.05) is 30.3 Å². The Morgan fingerprint density at radius 2 is 1.85 bits per heavy atom. The number of anilines is 1. The van der Waals surface area contributed by atoms with Gasteiger partial charge in [0.2, 0.25) is 0 Å². The molecular formula is C32H40F2N2O4. The van der Waals surface area contributed by atoms with Crippen molar-refractivity contribution in [1.82, 2.24) is 4.90 Å². The molecule has 216 valence electrons. The molecule has 2 aliphatic carbocycles. The fraction of sp³-hybridized carbons (Fsp3) is 0.594. The fourth-order valence-corrected chi connectivity index (χ4v) is 6.89. The van der Waals surface area contributed by atoms with E-state index in [4.69, 9.17) is 9.47 Å². The van der Waals surface area contributed by atoms with Gasteiger partial charge in [-0.15, -0.1) is 0 Å². The van der Waals surface area contributed by atoms with E-state index in [-0.39, 0.29) is 18.8 Å². The molecule has 40 heavy (non-hydrogen) atoms. The van der Waals surface area contributed by atoms with Gasteiger partial charge in [-0.2, -0.15) is 0 Å². The lowest BCUT2D eigenvalue weighted by molar-refractivity contribution is -0.137. The van der Waals surface area contributed by atoms with Crippen LogP contribution in [0.5, 0.6) is 11.5 Å². The average molecular weight is 555 g/mol. The topological polar surface area (TPSA) is 62.2 Å². The predicted octanol–water partition coefficient (Wildman–Crippen LogP) is 6.19. The largest absolute Gasteiger partial charge is 0.497 e. The third-order valence-corrected chi connectivity index (χ3v) is 9.64. The number of benzene rings is 2. The van der Waals surface area contributed by atoms with Crippen molar-refractivity contribution >= 4 is 11.7 Å². The molecule has 6 nitrogen and oxygen atoms in total. The van der Waals surface area contributed by atoms with E-state index in [9.17, 15) is 18.7 Å². The molecule has 0 bridgehead atoms. The number of likely N-dealkylation sites (tertiary alicyclic amines) is 1. The number of aliphatic carboxylic acids is 1. The molecule has 1 N–H and O–H groups in total. The van der Waals surface area contributed by atoms with Crippen molar-refractivity contribution in [2.75, 3.05) is 44.8 Å². The summed E-state index contributed by atoms with van der Waals surface area (Å²) in [7, 11) is 1.67. The number of carboxylic acids is 1. The van der Waals surface area contributed by atoms with Crippen molar-refractivity contribution in [2.24, 2.45) is 17.3 Å². The van der Waals surface area contributed by atoms with E-state index in [0.717, 1.165) is 68.1 Å². The molecule has 1 unspecified atom stereocenters. The number of nitrogens with zero attached hydrogens (tertiary/aromatic N) is 2. The first-order valence-electron chi connectivity index (χ1n) is 14.7. The molecule has 2 atom stereocenters. The molecule has 2 heterocycles. The van der Waals surface area contributed by atoms with Gasteiger partial charge in [0, 0.05) is 44.4 Å². The van der Waals surface area contributed by atoms with Gasteiger partial charge >= 0.3 is 5.97 Å². The third-order valence-electron chi connectivity index (χ3n) is 9.64. The molecular weight excluding hydrogens is 514 g/mol. The zero-order valence-electron chi connectivity index (χ0n) is 23.3. The van der Waals surface area contributed by atoms with Crippen LogP contribution in [0.3, 0.4) is 0 Å². The van der Waals surface area contributed by atoms with Crippen molar-refractivity contribution in [1.29, 1.82) is 0 Å². The van der Waals surface area contributed by atoms with Gasteiger partial charge in [-0.05, 0) is 85.7 Å². The van der Waals surface area contributed by atoms with Gasteiger partial charge in [-0.25, -0.2) is 8.78 Å². The Morgan fingerprint density at radius 3 is 2.50 bits per heavy atom. The van der Waals surface area contributed by atoms with Crippen LogP contribution in [0.1, 0.15) is 62.0 Å². The minimum atomic E-state index is -2.49. The number of alkyl halides is 2. The predicted molar refractivity (Wildman–Crippen MR) is 149 cm³/mol. The molecule has 2 saturated heterocycles. The molecule has 2 aliphatic heterocycles. The highest BCUT2D eigenvalue weighted by molar-refractivity contribution is 5.68. The van der Waals surface area contributed by atoms with Gasteiger partial charge in [-0.3, -0.25) is 9.69 Å². The van der Waals surface area contributed by atoms with Gasteiger partial charge in [-0.1, -0.05) is 18.2 Å². The normalized spacial score (nSPS) is 25.2. The number of carboxylic acid groups (broad SMARTS) is 1. The van der Waals surface area contributed by atoms with Crippen molar-refractivity contribution in [3.05, 3.63) is 53.6 Å². The summed E-state index contributed by atoms with van der Waals surface area (Å²) in [5.41, 5.74) is 2.59. The number of ether oxygens (including phenoxy) is 2. The van der Waals surface area contributed by atoms with E-state index in [1.54, 1.807) is 7.11 Å². The summed E-state index contributed by atoms with van der Waals surface area (Å²) in [5.74, 6) is -0.649. The smallest absolute Gasteiger partial charge is 0.303 e. The van der Waals surface area contributed by atoms with E-state index in [1.165, 1.54) is 5.56 Å². The van der Waals surface area contributed by atoms with Gasteiger partial charge < -0.3 is 19.5 Å². The van der Waals surface area contributed by atoms with Crippen LogP contribution < -0.4 is 14.4 Å². The van der Waals surface area contributed by atoms with Crippen LogP contribution in [0.15, 0.2) is 42.5 Å². The molecule has 6 rings (SSSR count). The lowest BCUT2D eigenvalue weighted by atomic mass is 9.91. The molecule has 4 fully saturated rings. The zero-order valence-corrected chi connectivity index (χ0v) is 23.3. The Morgan fingerprint density at radius 1 is 1.07 bits per heavy atom. The Bertz CT molecular complexity index is 1230. The van der Waals surface area contributed by atoms with Gasteiger partial charge in [0.05, 0.1) is 25.6 Å². The van der Waals surface area contributed by atoms with Crippen LogP contribution in [0, 0.1) is 17.3 Å². The van der Waals surface area contributed by atoms with Crippen molar-refractivity contribution in [2.45, 2.75) is 63.3 Å². The first kappa shape index (κ1) is 27.3. The molecule has 2 aromatic rings. The van der Waals surface area contributed by atoms with Crippen LogP contribution in [-0.2, 0) is 11.3 Å². The number of methoxy groups -OCH3 is 1.